The number of halogens is 1. The van der Waals surface area contributed by atoms with Crippen molar-refractivity contribution >= 4 is 33.9 Å². The molecule has 5 heteroatoms. The summed E-state index contributed by atoms with van der Waals surface area (Å²) in [6.07, 6.45) is 0.809. The smallest absolute Gasteiger partial charge is 0.341 e. The van der Waals surface area contributed by atoms with Crippen molar-refractivity contribution < 1.29 is 9.53 Å². The Morgan fingerprint density at radius 3 is 2.53 bits per heavy atom. The molecule has 0 amide bonds. The molecule has 0 bridgehead atoms. The molecule has 3 nitrogen and oxygen atoms in total. The summed E-state index contributed by atoms with van der Waals surface area (Å²) in [5.74, 6) is -0.404. The quantitative estimate of drug-likeness (QED) is 0.871. The van der Waals surface area contributed by atoms with Crippen LogP contribution in [0.25, 0.3) is 11.1 Å². The molecule has 0 aliphatic heterocycles. The number of benzene rings is 1. The van der Waals surface area contributed by atoms with E-state index in [1.807, 2.05) is 19.1 Å². The summed E-state index contributed by atoms with van der Waals surface area (Å²) in [7, 11) is 1.36. The third-order valence-electron chi connectivity index (χ3n) is 2.85. The van der Waals surface area contributed by atoms with Gasteiger partial charge in [-0.25, -0.2) is 4.79 Å². The molecule has 1 heterocycles. The highest BCUT2D eigenvalue weighted by molar-refractivity contribution is 7.17. The highest BCUT2D eigenvalue weighted by atomic mass is 35.5. The van der Waals surface area contributed by atoms with Crippen LogP contribution in [0.4, 0.5) is 5.00 Å². The first-order valence-corrected chi connectivity index (χ1v) is 7.03. The molecule has 0 radical (unpaired) electrons. The fourth-order valence-electron chi connectivity index (χ4n) is 1.97. The molecule has 1 aromatic carbocycles. The van der Waals surface area contributed by atoms with Crippen molar-refractivity contribution in [1.29, 1.82) is 0 Å². The second kappa shape index (κ2) is 5.63. The average molecular weight is 296 g/mol. The van der Waals surface area contributed by atoms with Gasteiger partial charge < -0.3 is 10.5 Å². The van der Waals surface area contributed by atoms with E-state index in [1.165, 1.54) is 18.4 Å². The SMILES string of the molecule is CCc1sc(N)c(C(=O)OC)c1-c1ccc(Cl)cc1. The van der Waals surface area contributed by atoms with Crippen LogP contribution in [0.3, 0.4) is 0 Å². The first-order chi connectivity index (χ1) is 9.08. The molecule has 0 spiro atoms. The maximum absolute atomic E-state index is 11.9. The van der Waals surface area contributed by atoms with Gasteiger partial charge in [0.05, 0.1) is 7.11 Å². The van der Waals surface area contributed by atoms with Gasteiger partial charge in [-0.3, -0.25) is 0 Å². The second-order valence-electron chi connectivity index (χ2n) is 3.99. The first-order valence-electron chi connectivity index (χ1n) is 5.83. The van der Waals surface area contributed by atoms with Gasteiger partial charge in [-0.2, -0.15) is 0 Å². The Kier molecular flexibility index (Phi) is 4.12. The number of esters is 1. The van der Waals surface area contributed by atoms with Crippen LogP contribution < -0.4 is 5.73 Å². The van der Waals surface area contributed by atoms with E-state index in [4.69, 9.17) is 22.1 Å². The zero-order chi connectivity index (χ0) is 14.0. The Morgan fingerprint density at radius 2 is 2.00 bits per heavy atom. The summed E-state index contributed by atoms with van der Waals surface area (Å²) in [6, 6.07) is 7.36. The summed E-state index contributed by atoms with van der Waals surface area (Å²) in [5, 5.41) is 1.15. The van der Waals surface area contributed by atoms with E-state index in [1.54, 1.807) is 12.1 Å². The Balaban J connectivity index is 2.66. The van der Waals surface area contributed by atoms with Crippen LogP contribution in [0, 0.1) is 0 Å². The first kappa shape index (κ1) is 13.9. The lowest BCUT2D eigenvalue weighted by Gasteiger charge is -2.06. The zero-order valence-corrected chi connectivity index (χ0v) is 12.3. The summed E-state index contributed by atoms with van der Waals surface area (Å²) in [4.78, 5) is 13.0. The highest BCUT2D eigenvalue weighted by Gasteiger charge is 2.23. The van der Waals surface area contributed by atoms with Crippen LogP contribution in [0.1, 0.15) is 22.2 Å². The van der Waals surface area contributed by atoms with Crippen LogP contribution in [0.5, 0.6) is 0 Å². The predicted molar refractivity (Wildman–Crippen MR) is 79.9 cm³/mol. The number of aryl methyl sites for hydroxylation is 1. The highest BCUT2D eigenvalue weighted by Crippen LogP contribution is 2.39. The molecule has 0 aliphatic rings. The Morgan fingerprint density at radius 1 is 1.37 bits per heavy atom. The fourth-order valence-corrected chi connectivity index (χ4v) is 3.12. The van der Waals surface area contributed by atoms with E-state index in [-0.39, 0.29) is 0 Å². The van der Waals surface area contributed by atoms with Crippen molar-refractivity contribution in [2.45, 2.75) is 13.3 Å². The molecule has 0 unspecified atom stereocenters. The van der Waals surface area contributed by atoms with E-state index >= 15 is 0 Å². The molecule has 0 saturated heterocycles. The molecule has 2 rings (SSSR count). The molecule has 100 valence electrons. The molecular weight excluding hydrogens is 282 g/mol. The standard InChI is InChI=1S/C14H14ClNO2S/c1-3-10-11(8-4-6-9(15)7-5-8)12(13(16)19-10)14(17)18-2/h4-7H,3,16H2,1-2H3. The van der Waals surface area contributed by atoms with Gasteiger partial charge in [-0.15, -0.1) is 11.3 Å². The topological polar surface area (TPSA) is 52.3 Å². The van der Waals surface area contributed by atoms with Gasteiger partial charge in [0.1, 0.15) is 10.6 Å². The largest absolute Gasteiger partial charge is 0.465 e. The minimum absolute atomic E-state index is 0.404. The minimum Gasteiger partial charge on any atom is -0.465 e. The van der Waals surface area contributed by atoms with Crippen molar-refractivity contribution in [3.05, 3.63) is 39.7 Å². The van der Waals surface area contributed by atoms with Crippen molar-refractivity contribution in [2.24, 2.45) is 0 Å². The van der Waals surface area contributed by atoms with Crippen molar-refractivity contribution in [3.63, 3.8) is 0 Å². The van der Waals surface area contributed by atoms with Gasteiger partial charge in [0.25, 0.3) is 0 Å². The van der Waals surface area contributed by atoms with E-state index in [0.717, 1.165) is 22.4 Å². The van der Waals surface area contributed by atoms with Gasteiger partial charge in [-0.1, -0.05) is 30.7 Å². The Hall–Kier alpha value is -1.52. The number of nitrogens with two attached hydrogens (primary N) is 1. The van der Waals surface area contributed by atoms with Crippen LogP contribution in [-0.2, 0) is 11.2 Å². The molecule has 19 heavy (non-hydrogen) atoms. The number of hydrogen-bond donors (Lipinski definition) is 1. The predicted octanol–water partition coefficient (Wildman–Crippen LogP) is 4.00. The van der Waals surface area contributed by atoms with Crippen LogP contribution in [0.2, 0.25) is 5.02 Å². The summed E-state index contributed by atoms with van der Waals surface area (Å²) in [5.41, 5.74) is 8.18. The van der Waals surface area contributed by atoms with Crippen LogP contribution in [-0.4, -0.2) is 13.1 Å². The number of thiophene rings is 1. The maximum Gasteiger partial charge on any atom is 0.341 e. The summed E-state index contributed by atoms with van der Waals surface area (Å²) < 4.78 is 4.82. The molecular formula is C14H14ClNO2S. The number of carbonyl (C=O) groups is 1. The molecule has 0 atom stereocenters. The molecule has 0 aliphatic carbocycles. The zero-order valence-electron chi connectivity index (χ0n) is 10.7. The van der Waals surface area contributed by atoms with Gasteiger partial charge in [0, 0.05) is 15.5 Å². The number of carbonyl (C=O) groups excluding carboxylic acids is 1. The summed E-state index contributed by atoms with van der Waals surface area (Å²) >= 11 is 7.32. The second-order valence-corrected chi connectivity index (χ2v) is 5.56. The lowest BCUT2D eigenvalue weighted by atomic mass is 10.0. The Bertz CT molecular complexity index is 605. The number of anilines is 1. The minimum atomic E-state index is -0.404. The lowest BCUT2D eigenvalue weighted by molar-refractivity contribution is 0.0603. The van der Waals surface area contributed by atoms with Crippen molar-refractivity contribution in [3.8, 4) is 11.1 Å². The molecule has 2 N–H and O–H groups in total. The van der Waals surface area contributed by atoms with Crippen LogP contribution in [0.15, 0.2) is 24.3 Å². The third kappa shape index (κ3) is 2.60. The van der Waals surface area contributed by atoms with Gasteiger partial charge >= 0.3 is 5.97 Å². The van der Waals surface area contributed by atoms with Crippen LogP contribution >= 0.6 is 22.9 Å². The van der Waals surface area contributed by atoms with E-state index in [0.29, 0.717) is 15.6 Å². The third-order valence-corrected chi connectivity index (χ3v) is 4.27. The van der Waals surface area contributed by atoms with E-state index in [9.17, 15) is 4.79 Å². The molecule has 1 aromatic heterocycles. The number of ether oxygens (including phenoxy) is 1. The monoisotopic (exact) mass is 295 g/mol. The normalized spacial score (nSPS) is 10.5. The maximum atomic E-state index is 11.9. The number of nitrogen functional groups attached to an aromatic ring is 1. The number of rotatable bonds is 3. The summed E-state index contributed by atoms with van der Waals surface area (Å²) in [6.45, 7) is 2.03. The van der Waals surface area contributed by atoms with Crippen molar-refractivity contribution in [1.82, 2.24) is 0 Å². The van der Waals surface area contributed by atoms with E-state index < -0.39 is 5.97 Å². The van der Waals surface area contributed by atoms with Gasteiger partial charge in [0.15, 0.2) is 0 Å². The number of hydrogen-bond acceptors (Lipinski definition) is 4. The van der Waals surface area contributed by atoms with E-state index in [2.05, 4.69) is 0 Å². The fraction of sp³-hybridized carbons (Fsp3) is 0.214. The lowest BCUT2D eigenvalue weighted by Crippen LogP contribution is -2.04. The number of methoxy groups -OCH3 is 1. The Labute approximate surface area is 121 Å². The molecule has 0 fully saturated rings. The van der Waals surface area contributed by atoms with Gasteiger partial charge in [0.2, 0.25) is 0 Å². The molecule has 0 saturated carbocycles. The average Bonchev–Trinajstić information content (AvgIpc) is 2.75. The van der Waals surface area contributed by atoms with Crippen molar-refractivity contribution in [2.75, 3.05) is 12.8 Å². The van der Waals surface area contributed by atoms with Gasteiger partial charge in [-0.05, 0) is 24.1 Å². The molecule has 2 aromatic rings.